The second-order valence-corrected chi connectivity index (χ2v) is 29.7. The van der Waals surface area contributed by atoms with Gasteiger partial charge in [0.15, 0.2) is 17.2 Å². The molecule has 0 aliphatic rings. The van der Waals surface area contributed by atoms with E-state index >= 15 is 0 Å². The highest BCUT2D eigenvalue weighted by atomic mass is 32.2. The Balaban J connectivity index is 1.18. The number of ether oxygens (including phenoxy) is 1. The molecule has 0 aliphatic heterocycles. The molecule has 0 bridgehead atoms. The van der Waals surface area contributed by atoms with Gasteiger partial charge in [0.2, 0.25) is 0 Å². The number of benzene rings is 9. The molecule has 0 aromatic heterocycles. The number of anilines is 1. The van der Waals surface area contributed by atoms with Crippen molar-refractivity contribution in [2.45, 2.75) is 39.2 Å². The summed E-state index contributed by atoms with van der Waals surface area (Å²) in [6.07, 6.45) is 0. The predicted octanol–water partition coefficient (Wildman–Crippen LogP) is 8.64. The number of hydrogen-bond donors (Lipinski definition) is 12. The molecule has 0 amide bonds. The maximum Gasteiger partial charge on any atom is 0.297 e. The number of aromatic hydroxyl groups is 3. The van der Waals surface area contributed by atoms with Gasteiger partial charge in [-0.3, -0.25) is 36.4 Å². The first-order valence-corrected chi connectivity index (χ1v) is 35.3. The van der Waals surface area contributed by atoms with Crippen LogP contribution in [0, 0.1) is 0 Å². The molecule has 92 heavy (non-hydrogen) atoms. The quantitative estimate of drug-likeness (QED) is 0.0230. The molecule has 9 rings (SSSR count). The van der Waals surface area contributed by atoms with E-state index < -0.39 is 221 Å². The topological polar surface area (TPSA) is 630 Å². The molecule has 482 valence electrons. The largest absolute Gasteiger partial charge is 0.505 e. The Morgan fingerprint density at radius 1 is 0.337 bits per heavy atom. The summed E-state index contributed by atoms with van der Waals surface area (Å²) in [6.45, 7) is 0. The molecule has 13 N–H and O–H groups in total. The van der Waals surface area contributed by atoms with E-state index in [2.05, 4.69) is 40.9 Å². The summed E-state index contributed by atoms with van der Waals surface area (Å²) in [6, 6.07) is 12.9. The molecule has 45 heteroatoms. The highest BCUT2D eigenvalue weighted by molar-refractivity contribution is 7.88. The minimum Gasteiger partial charge on any atom is -0.505 e. The summed E-state index contributed by atoms with van der Waals surface area (Å²) >= 11 is 0. The summed E-state index contributed by atoms with van der Waals surface area (Å²) in [4.78, 5) is -9.70. The molecule has 0 spiro atoms. The van der Waals surface area contributed by atoms with E-state index in [0.717, 1.165) is 61.7 Å². The fourth-order valence-corrected chi connectivity index (χ4v) is 14.4. The highest BCUT2D eigenvalue weighted by Gasteiger charge is 2.32. The minimum atomic E-state index is -5.68. The molecule has 37 nitrogen and oxygen atoms in total. The lowest BCUT2D eigenvalue weighted by atomic mass is 10.0. The van der Waals surface area contributed by atoms with Crippen LogP contribution in [0.25, 0.3) is 43.1 Å². The van der Waals surface area contributed by atoms with E-state index in [4.69, 9.17) is 10.5 Å². The van der Waals surface area contributed by atoms with Crippen molar-refractivity contribution < 1.29 is 124 Å². The average Bonchev–Trinajstić information content (AvgIpc) is 0.751. The Morgan fingerprint density at radius 2 is 0.783 bits per heavy atom. The number of azo groups is 4. The molecule has 9 aromatic carbocycles. The second kappa shape index (κ2) is 23.1. The molecular formula is C47H33N9O28S8. The van der Waals surface area contributed by atoms with Gasteiger partial charge in [-0.05, 0) is 89.6 Å². The van der Waals surface area contributed by atoms with Crippen LogP contribution in [-0.4, -0.2) is 126 Å². The first-order valence-electron chi connectivity index (χ1n) is 23.8. The third kappa shape index (κ3) is 13.1. The standard InChI is InChI=1S/C47H33N9O28S8/c1-84-22-6-9-28(35(15-22)88(69,70)71)50-55-41-36(89(72,73)74)13-19-11-21(5-7-23(19)44(41)57)49-54-43-38(91(78,79)80)17-27-33(86(63,64)65)18-31(40(48)39(27)46(43)59)53-52-30-16-26-20(12-34(30)87(66,67)68)14-37(90(75,76)77)42(45(26)58)56-51-29-10-8-24-25(47(29)92(81,82)83)3-2-4-32(24)85(60,61)62/h2-18,57-59H,48H2,1H3,(H,60,61,62)(H,63,64,65)(H,66,67,68)(H,69,70,71)(H,72,73,74)(H,75,76,77)(H,78,79,80)(H,81,82,83). The van der Waals surface area contributed by atoms with Crippen LogP contribution in [0.15, 0.2) is 183 Å². The molecular weight excluding hydrogens is 1400 g/mol. The van der Waals surface area contributed by atoms with E-state index in [9.17, 15) is 119 Å². The number of phenols is 3. The van der Waals surface area contributed by atoms with E-state index in [1.165, 1.54) is 6.07 Å². The fourth-order valence-electron chi connectivity index (χ4n) is 8.93. The van der Waals surface area contributed by atoms with Crippen molar-refractivity contribution >= 4 is 175 Å². The van der Waals surface area contributed by atoms with Gasteiger partial charge in [0, 0.05) is 33.0 Å². The molecule has 0 heterocycles. The number of nitrogens with zero attached hydrogens (tertiary/aromatic N) is 8. The van der Waals surface area contributed by atoms with Crippen molar-refractivity contribution in [3.05, 3.63) is 103 Å². The number of fused-ring (bicyclic) bond motifs is 4. The molecule has 0 fully saturated rings. The zero-order valence-corrected chi connectivity index (χ0v) is 51.1. The van der Waals surface area contributed by atoms with Crippen molar-refractivity contribution in [2.24, 2.45) is 40.9 Å². The van der Waals surface area contributed by atoms with Crippen molar-refractivity contribution in [3.63, 3.8) is 0 Å². The maximum absolute atomic E-state index is 13.0. The number of nitrogen functional groups attached to an aromatic ring is 1. The third-order valence-electron chi connectivity index (χ3n) is 12.9. The SMILES string of the molecule is COc1ccc(N=Nc2c(S(=O)(=O)O)cc3cc(N=Nc4c(S(=O)(=O)O)cc5c(S(=O)(=O)O)cc(N=Nc6cc7c(O)c(N=Nc8ccc9c(S(=O)(=O)O)cccc9c8S(=O)(=O)O)c(S(=O)(=O)O)cc7cc6S(=O)(=O)O)c(N)c5c4O)ccc3c2O)c(S(=O)(=O)O)c1. The Hall–Kier alpha value is -9.30. The summed E-state index contributed by atoms with van der Waals surface area (Å²) in [5, 5.41) is 58.5. The van der Waals surface area contributed by atoms with Crippen molar-refractivity contribution in [1.29, 1.82) is 0 Å². The number of rotatable bonds is 17. The second-order valence-electron chi connectivity index (χ2n) is 18.6. The first kappa shape index (κ1) is 67.1. The van der Waals surface area contributed by atoms with Crippen molar-refractivity contribution in [2.75, 3.05) is 12.8 Å². The molecule has 9 aromatic rings. The van der Waals surface area contributed by atoms with E-state index in [0.29, 0.717) is 42.5 Å². The molecule has 0 saturated carbocycles. The average molecular weight is 1430 g/mol. The number of hydrogen-bond acceptors (Lipinski definition) is 29. The summed E-state index contributed by atoms with van der Waals surface area (Å²) in [5.41, 5.74) is -2.28. The van der Waals surface area contributed by atoms with Crippen LogP contribution in [-0.2, 0) is 80.9 Å². The zero-order valence-electron chi connectivity index (χ0n) is 44.6. The van der Waals surface area contributed by atoms with Gasteiger partial charge in [0.05, 0.1) is 23.9 Å². The monoisotopic (exact) mass is 1430 g/mol. The van der Waals surface area contributed by atoms with Gasteiger partial charge in [0.1, 0.15) is 84.7 Å². The molecule has 0 aliphatic carbocycles. The molecule has 0 saturated heterocycles. The molecule has 0 unspecified atom stereocenters. The zero-order chi connectivity index (χ0) is 68.1. The van der Waals surface area contributed by atoms with Gasteiger partial charge in [0.25, 0.3) is 80.9 Å². The molecule has 0 atom stereocenters. The van der Waals surface area contributed by atoms with Gasteiger partial charge in [-0.1, -0.05) is 18.2 Å². The molecule has 0 radical (unpaired) electrons. The minimum absolute atomic E-state index is 0.0818. The lowest BCUT2D eigenvalue weighted by Crippen LogP contribution is -2.04. The van der Waals surface area contributed by atoms with Crippen LogP contribution < -0.4 is 10.5 Å². The fraction of sp³-hybridized carbons (Fsp3) is 0.0213. The van der Waals surface area contributed by atoms with Crippen LogP contribution in [0.3, 0.4) is 0 Å². The lowest BCUT2D eigenvalue weighted by molar-refractivity contribution is 0.412. The van der Waals surface area contributed by atoms with Crippen LogP contribution in [0.1, 0.15) is 0 Å². The van der Waals surface area contributed by atoms with Gasteiger partial charge in [-0.25, -0.2) is 0 Å². The van der Waals surface area contributed by atoms with Crippen LogP contribution in [0.5, 0.6) is 23.0 Å². The lowest BCUT2D eigenvalue weighted by Gasteiger charge is -2.14. The van der Waals surface area contributed by atoms with Crippen molar-refractivity contribution in [1.82, 2.24) is 0 Å². The van der Waals surface area contributed by atoms with Gasteiger partial charge in [-0.15, -0.1) is 35.8 Å². The van der Waals surface area contributed by atoms with Gasteiger partial charge < -0.3 is 25.8 Å². The van der Waals surface area contributed by atoms with Crippen LogP contribution >= 0.6 is 0 Å². The van der Waals surface area contributed by atoms with E-state index in [1.54, 1.807) is 0 Å². The Morgan fingerprint density at radius 3 is 1.33 bits per heavy atom. The van der Waals surface area contributed by atoms with Crippen LogP contribution in [0.2, 0.25) is 0 Å². The van der Waals surface area contributed by atoms with Gasteiger partial charge >= 0.3 is 0 Å². The summed E-state index contributed by atoms with van der Waals surface area (Å²) in [5.74, 6) is -4.01. The normalized spacial score (nSPS) is 13.5. The Labute approximate surface area is 514 Å². The summed E-state index contributed by atoms with van der Waals surface area (Å²) in [7, 11) is -42.4. The predicted molar refractivity (Wildman–Crippen MR) is 313 cm³/mol. The van der Waals surface area contributed by atoms with E-state index in [1.807, 2.05) is 0 Å². The number of methoxy groups -OCH3 is 1. The van der Waals surface area contributed by atoms with E-state index in [-0.39, 0.29) is 16.5 Å². The number of nitrogens with two attached hydrogens (primary N) is 1. The maximum atomic E-state index is 13.0. The van der Waals surface area contributed by atoms with Crippen LogP contribution in [0.4, 0.5) is 51.2 Å². The smallest absolute Gasteiger partial charge is 0.297 e. The van der Waals surface area contributed by atoms with Crippen molar-refractivity contribution in [3.8, 4) is 23.0 Å². The summed E-state index contributed by atoms with van der Waals surface area (Å²) < 4.78 is 288. The number of phenolic OH excluding ortho intramolecular Hbond substituents is 3. The third-order valence-corrected chi connectivity index (χ3v) is 20.0. The highest BCUT2D eigenvalue weighted by Crippen LogP contribution is 2.51. The Kier molecular flexibility index (Phi) is 16.9. The Bertz CT molecular complexity index is 5910. The first-order chi connectivity index (χ1) is 42.3. The van der Waals surface area contributed by atoms with Gasteiger partial charge in [-0.2, -0.15) is 72.5 Å².